The normalized spacial score (nSPS) is 27.2. The fraction of sp³-hybridized carbons (Fsp3) is 0.444. The Balaban J connectivity index is 1.44. The van der Waals surface area contributed by atoms with Crippen LogP contribution in [-0.4, -0.2) is 54.6 Å². The SMILES string of the molecule is CC[C@]1(C)CC(=O)N([C@@H]2CCOc3ccc(C(=O)NC4c5ccccc5OC[C@H]4OC)cc32)C(N)=N1. The first-order valence-corrected chi connectivity index (χ1v) is 12.3. The summed E-state index contributed by atoms with van der Waals surface area (Å²) in [6.07, 6.45) is 1.24. The number of carbonyl (C=O) groups excluding carboxylic acids is 2. The molecule has 0 radical (unpaired) electrons. The maximum absolute atomic E-state index is 13.4. The number of fused-ring (bicyclic) bond motifs is 2. The monoisotopic (exact) mass is 492 g/mol. The van der Waals surface area contributed by atoms with Crippen molar-refractivity contribution < 1.29 is 23.8 Å². The zero-order valence-corrected chi connectivity index (χ0v) is 20.8. The first-order chi connectivity index (χ1) is 17.3. The van der Waals surface area contributed by atoms with Crippen LogP contribution in [0.3, 0.4) is 0 Å². The molecule has 0 aliphatic carbocycles. The van der Waals surface area contributed by atoms with Gasteiger partial charge < -0.3 is 25.3 Å². The van der Waals surface area contributed by atoms with E-state index < -0.39 is 5.54 Å². The fourth-order valence-electron chi connectivity index (χ4n) is 5.17. The third kappa shape index (κ3) is 4.28. The van der Waals surface area contributed by atoms with Crippen LogP contribution in [0.1, 0.15) is 66.7 Å². The molecule has 2 aromatic rings. The molecule has 5 rings (SSSR count). The molecule has 0 fully saturated rings. The summed E-state index contributed by atoms with van der Waals surface area (Å²) in [5, 5.41) is 3.12. The summed E-state index contributed by atoms with van der Waals surface area (Å²) in [6, 6.07) is 12.2. The average Bonchev–Trinajstić information content (AvgIpc) is 2.88. The van der Waals surface area contributed by atoms with Crippen molar-refractivity contribution in [3.8, 4) is 11.5 Å². The van der Waals surface area contributed by atoms with Gasteiger partial charge in [-0.15, -0.1) is 0 Å². The number of benzene rings is 2. The predicted octanol–water partition coefficient (Wildman–Crippen LogP) is 3.10. The third-order valence-corrected chi connectivity index (χ3v) is 7.40. The standard InChI is InChI=1S/C27H32N4O5/c1-4-27(2)14-23(32)31(26(28)30-27)19-11-12-35-21-10-9-16(13-18(19)21)25(33)29-24-17-7-5-6-8-20(17)36-15-22(24)34-3/h5-10,13,19,22,24H,4,11-12,14-15H2,1-3H3,(H2,28,30)(H,29,33)/t19-,22-,24?,27-/m1/s1. The second kappa shape index (κ2) is 9.46. The molecule has 3 heterocycles. The Hall–Kier alpha value is -3.59. The van der Waals surface area contributed by atoms with E-state index in [1.807, 2.05) is 38.1 Å². The Bertz CT molecular complexity index is 1210. The van der Waals surface area contributed by atoms with Gasteiger partial charge in [-0.3, -0.25) is 14.5 Å². The van der Waals surface area contributed by atoms with Crippen LogP contribution in [0.25, 0.3) is 0 Å². The lowest BCUT2D eigenvalue weighted by Crippen LogP contribution is -2.52. The Labute approximate surface area is 210 Å². The second-order valence-corrected chi connectivity index (χ2v) is 9.74. The second-order valence-electron chi connectivity index (χ2n) is 9.74. The van der Waals surface area contributed by atoms with E-state index in [1.165, 1.54) is 0 Å². The maximum atomic E-state index is 13.4. The maximum Gasteiger partial charge on any atom is 0.251 e. The molecule has 3 aliphatic rings. The van der Waals surface area contributed by atoms with Gasteiger partial charge >= 0.3 is 0 Å². The van der Waals surface area contributed by atoms with Crippen molar-refractivity contribution >= 4 is 17.8 Å². The summed E-state index contributed by atoms with van der Waals surface area (Å²) < 4.78 is 17.2. The van der Waals surface area contributed by atoms with Crippen LogP contribution >= 0.6 is 0 Å². The summed E-state index contributed by atoms with van der Waals surface area (Å²) in [6.45, 7) is 4.72. The quantitative estimate of drug-likeness (QED) is 0.663. The minimum atomic E-state index is -0.495. The fourth-order valence-corrected chi connectivity index (χ4v) is 5.17. The molecule has 9 nitrogen and oxygen atoms in total. The zero-order valence-electron chi connectivity index (χ0n) is 20.8. The number of nitrogens with two attached hydrogens (primary N) is 1. The van der Waals surface area contributed by atoms with Crippen LogP contribution in [0.4, 0.5) is 0 Å². The number of hydrogen-bond acceptors (Lipinski definition) is 7. The lowest BCUT2D eigenvalue weighted by Gasteiger charge is -2.40. The lowest BCUT2D eigenvalue weighted by atomic mass is 9.90. The largest absolute Gasteiger partial charge is 0.493 e. The first kappa shape index (κ1) is 24.1. The molecule has 0 bridgehead atoms. The molecule has 190 valence electrons. The van der Waals surface area contributed by atoms with Crippen LogP contribution in [0.2, 0.25) is 0 Å². The summed E-state index contributed by atoms with van der Waals surface area (Å²) in [4.78, 5) is 32.8. The van der Waals surface area contributed by atoms with Crippen molar-refractivity contribution in [2.24, 2.45) is 10.7 Å². The number of guanidine groups is 1. The number of para-hydroxylation sites is 1. The van der Waals surface area contributed by atoms with Gasteiger partial charge in [0.15, 0.2) is 5.96 Å². The van der Waals surface area contributed by atoms with Gasteiger partial charge in [0.2, 0.25) is 5.91 Å². The minimum Gasteiger partial charge on any atom is -0.493 e. The summed E-state index contributed by atoms with van der Waals surface area (Å²) in [5.41, 5.74) is 7.89. The molecular weight excluding hydrogens is 460 g/mol. The lowest BCUT2D eigenvalue weighted by molar-refractivity contribution is -0.131. The number of nitrogens with one attached hydrogen (secondary N) is 1. The molecule has 2 amide bonds. The molecule has 0 saturated heterocycles. The molecule has 9 heteroatoms. The van der Waals surface area contributed by atoms with Gasteiger partial charge in [0.25, 0.3) is 5.91 Å². The van der Waals surface area contributed by atoms with E-state index >= 15 is 0 Å². The first-order valence-electron chi connectivity index (χ1n) is 12.3. The summed E-state index contributed by atoms with van der Waals surface area (Å²) in [5.74, 6) is 1.26. The molecule has 0 aromatic heterocycles. The number of methoxy groups -OCH3 is 1. The number of carbonyl (C=O) groups is 2. The molecule has 36 heavy (non-hydrogen) atoms. The number of rotatable bonds is 5. The van der Waals surface area contributed by atoms with Crippen LogP contribution in [0, 0.1) is 0 Å². The highest BCUT2D eigenvalue weighted by molar-refractivity contribution is 6.00. The van der Waals surface area contributed by atoms with Crippen molar-refractivity contribution in [2.75, 3.05) is 20.3 Å². The molecule has 1 unspecified atom stereocenters. The van der Waals surface area contributed by atoms with E-state index in [-0.39, 0.29) is 36.0 Å². The molecule has 2 aromatic carbocycles. The Kier molecular flexibility index (Phi) is 6.34. The van der Waals surface area contributed by atoms with Crippen molar-refractivity contribution in [1.82, 2.24) is 10.2 Å². The number of nitrogens with zero attached hydrogens (tertiary/aromatic N) is 2. The van der Waals surface area contributed by atoms with E-state index in [2.05, 4.69) is 10.3 Å². The number of ether oxygens (including phenoxy) is 3. The van der Waals surface area contributed by atoms with E-state index in [0.717, 1.165) is 23.3 Å². The van der Waals surface area contributed by atoms with Gasteiger partial charge in [-0.25, -0.2) is 4.99 Å². The number of amides is 2. The van der Waals surface area contributed by atoms with Crippen molar-refractivity contribution in [2.45, 2.75) is 56.8 Å². The van der Waals surface area contributed by atoms with Gasteiger partial charge in [0, 0.05) is 30.2 Å². The Morgan fingerprint density at radius 2 is 2.00 bits per heavy atom. The van der Waals surface area contributed by atoms with Gasteiger partial charge in [-0.2, -0.15) is 0 Å². The molecule has 0 saturated carbocycles. The zero-order chi connectivity index (χ0) is 25.4. The highest BCUT2D eigenvalue weighted by Crippen LogP contribution is 2.40. The molecule has 3 aliphatic heterocycles. The third-order valence-electron chi connectivity index (χ3n) is 7.40. The van der Waals surface area contributed by atoms with Gasteiger partial charge in [0.05, 0.1) is 30.7 Å². The topological polar surface area (TPSA) is 115 Å². The van der Waals surface area contributed by atoms with E-state index in [4.69, 9.17) is 19.9 Å². The molecular formula is C27H32N4O5. The summed E-state index contributed by atoms with van der Waals surface area (Å²) in [7, 11) is 1.60. The molecule has 3 N–H and O–H groups in total. The smallest absolute Gasteiger partial charge is 0.251 e. The molecule has 4 atom stereocenters. The van der Waals surface area contributed by atoms with E-state index in [9.17, 15) is 9.59 Å². The van der Waals surface area contributed by atoms with E-state index in [0.29, 0.717) is 37.4 Å². The minimum absolute atomic E-state index is 0.0682. The average molecular weight is 493 g/mol. The molecule has 0 spiro atoms. The van der Waals surface area contributed by atoms with Gasteiger partial charge in [0.1, 0.15) is 24.2 Å². The van der Waals surface area contributed by atoms with Gasteiger partial charge in [-0.05, 0) is 37.6 Å². The van der Waals surface area contributed by atoms with Crippen molar-refractivity contribution in [3.63, 3.8) is 0 Å². The summed E-state index contributed by atoms with van der Waals surface area (Å²) >= 11 is 0. The number of hydrogen-bond donors (Lipinski definition) is 2. The van der Waals surface area contributed by atoms with Crippen LogP contribution in [0.15, 0.2) is 47.5 Å². The van der Waals surface area contributed by atoms with E-state index in [1.54, 1.807) is 30.2 Å². The predicted molar refractivity (Wildman–Crippen MR) is 134 cm³/mol. The Morgan fingerprint density at radius 1 is 1.22 bits per heavy atom. The van der Waals surface area contributed by atoms with Crippen molar-refractivity contribution in [3.05, 3.63) is 59.2 Å². The van der Waals surface area contributed by atoms with Crippen LogP contribution < -0.4 is 20.5 Å². The number of aliphatic imine (C=N–C) groups is 1. The Morgan fingerprint density at radius 3 is 2.75 bits per heavy atom. The highest BCUT2D eigenvalue weighted by Gasteiger charge is 2.40. The van der Waals surface area contributed by atoms with Crippen LogP contribution in [0.5, 0.6) is 11.5 Å². The highest BCUT2D eigenvalue weighted by atomic mass is 16.5. The van der Waals surface area contributed by atoms with Gasteiger partial charge in [-0.1, -0.05) is 25.1 Å². The van der Waals surface area contributed by atoms with Crippen LogP contribution in [-0.2, 0) is 9.53 Å². The van der Waals surface area contributed by atoms with Crippen molar-refractivity contribution in [1.29, 1.82) is 0 Å².